The van der Waals surface area contributed by atoms with E-state index in [2.05, 4.69) is 26.6 Å². The number of hydrogen-bond acceptors (Lipinski definition) is 4. The number of piperidine rings is 1. The molecule has 0 spiro atoms. The van der Waals surface area contributed by atoms with Gasteiger partial charge in [-0.25, -0.2) is 4.98 Å². The molecule has 0 bridgehead atoms. The van der Waals surface area contributed by atoms with Crippen molar-refractivity contribution in [3.05, 3.63) is 24.4 Å². The normalized spacial score (nSPS) is 19.5. The van der Waals surface area contributed by atoms with E-state index in [1.165, 1.54) is 0 Å². The highest BCUT2D eigenvalue weighted by molar-refractivity contribution is 5.80. The fraction of sp³-hybridized carbons (Fsp3) is 0.625. The van der Waals surface area contributed by atoms with Crippen LogP contribution >= 0.6 is 0 Å². The van der Waals surface area contributed by atoms with Crippen molar-refractivity contribution in [3.8, 4) is 0 Å². The van der Waals surface area contributed by atoms with Gasteiger partial charge in [-0.3, -0.25) is 4.79 Å². The zero-order valence-electron chi connectivity index (χ0n) is 12.4. The van der Waals surface area contributed by atoms with Gasteiger partial charge >= 0.3 is 0 Å². The Kier molecular flexibility index (Phi) is 4.70. The third-order valence-corrected chi connectivity index (χ3v) is 4.27. The smallest absolute Gasteiger partial charge is 0.223 e. The summed E-state index contributed by atoms with van der Waals surface area (Å²) in [5.74, 6) is 1.63. The molecule has 0 unspecified atom stereocenters. The van der Waals surface area contributed by atoms with Crippen LogP contribution < -0.4 is 15.5 Å². The largest absolute Gasteiger partial charge is 0.357 e. The molecule has 1 amide bonds. The highest BCUT2D eigenvalue weighted by atomic mass is 16.2. The van der Waals surface area contributed by atoms with Crippen LogP contribution in [0.5, 0.6) is 0 Å². The Bertz CT molecular complexity index is 453. The fourth-order valence-electron chi connectivity index (χ4n) is 2.81. The number of rotatable bonds is 6. The molecule has 2 aliphatic rings. The van der Waals surface area contributed by atoms with Crippen LogP contribution in [0.1, 0.15) is 25.7 Å². The SMILES string of the molecule is O=C(NCCNC1CCN(c2ccccn2)CC1)C1CC1. The number of anilines is 1. The van der Waals surface area contributed by atoms with Crippen LogP contribution in [0.15, 0.2) is 24.4 Å². The van der Waals surface area contributed by atoms with E-state index in [9.17, 15) is 4.79 Å². The van der Waals surface area contributed by atoms with Crippen LogP contribution in [0, 0.1) is 5.92 Å². The lowest BCUT2D eigenvalue weighted by Crippen LogP contribution is -2.45. The molecule has 2 fully saturated rings. The molecule has 0 atom stereocenters. The zero-order valence-corrected chi connectivity index (χ0v) is 12.4. The Hall–Kier alpha value is -1.62. The van der Waals surface area contributed by atoms with Crippen molar-refractivity contribution in [1.82, 2.24) is 15.6 Å². The van der Waals surface area contributed by atoms with Crippen LogP contribution in [0.25, 0.3) is 0 Å². The second-order valence-electron chi connectivity index (χ2n) is 5.97. The topological polar surface area (TPSA) is 57.3 Å². The van der Waals surface area contributed by atoms with Crippen LogP contribution in [-0.2, 0) is 4.79 Å². The number of aromatic nitrogens is 1. The van der Waals surface area contributed by atoms with Crippen LogP contribution in [-0.4, -0.2) is 43.1 Å². The minimum atomic E-state index is 0.238. The predicted molar refractivity (Wildman–Crippen MR) is 83.2 cm³/mol. The molecule has 0 radical (unpaired) electrons. The Morgan fingerprint density at radius 3 is 2.67 bits per heavy atom. The number of pyridine rings is 1. The first-order valence-corrected chi connectivity index (χ1v) is 8.00. The first-order chi connectivity index (χ1) is 10.3. The highest BCUT2D eigenvalue weighted by Gasteiger charge is 2.29. The summed E-state index contributed by atoms with van der Waals surface area (Å²) < 4.78 is 0. The van der Waals surface area contributed by atoms with E-state index >= 15 is 0 Å². The van der Waals surface area contributed by atoms with Crippen molar-refractivity contribution in [3.63, 3.8) is 0 Å². The second kappa shape index (κ2) is 6.89. The zero-order chi connectivity index (χ0) is 14.5. The van der Waals surface area contributed by atoms with Gasteiger partial charge in [0.25, 0.3) is 0 Å². The molecule has 1 aliphatic carbocycles. The summed E-state index contributed by atoms with van der Waals surface area (Å²) in [6, 6.07) is 6.62. The molecule has 1 aliphatic heterocycles. The lowest BCUT2D eigenvalue weighted by molar-refractivity contribution is -0.122. The molecular formula is C16H24N4O. The lowest BCUT2D eigenvalue weighted by Gasteiger charge is -2.33. The van der Waals surface area contributed by atoms with Gasteiger partial charge in [-0.2, -0.15) is 0 Å². The fourth-order valence-corrected chi connectivity index (χ4v) is 2.81. The van der Waals surface area contributed by atoms with Crippen molar-refractivity contribution in [2.75, 3.05) is 31.1 Å². The van der Waals surface area contributed by atoms with Crippen molar-refractivity contribution >= 4 is 11.7 Å². The molecule has 21 heavy (non-hydrogen) atoms. The maximum absolute atomic E-state index is 11.5. The van der Waals surface area contributed by atoms with Crippen LogP contribution in [0.2, 0.25) is 0 Å². The third kappa shape index (κ3) is 4.17. The molecule has 1 aromatic heterocycles. The summed E-state index contributed by atoms with van der Waals surface area (Å²) in [5, 5.41) is 6.54. The van der Waals surface area contributed by atoms with E-state index in [1.54, 1.807) is 0 Å². The van der Waals surface area contributed by atoms with Crippen molar-refractivity contribution in [2.24, 2.45) is 5.92 Å². The maximum Gasteiger partial charge on any atom is 0.223 e. The van der Waals surface area contributed by atoms with E-state index in [-0.39, 0.29) is 5.91 Å². The number of amides is 1. The van der Waals surface area contributed by atoms with Crippen molar-refractivity contribution in [1.29, 1.82) is 0 Å². The molecule has 3 rings (SSSR count). The number of hydrogen-bond donors (Lipinski definition) is 2. The molecule has 0 aromatic carbocycles. The van der Waals surface area contributed by atoms with E-state index in [1.807, 2.05) is 18.3 Å². The monoisotopic (exact) mass is 288 g/mol. The van der Waals surface area contributed by atoms with E-state index in [0.717, 1.165) is 57.7 Å². The van der Waals surface area contributed by atoms with Crippen molar-refractivity contribution in [2.45, 2.75) is 31.7 Å². The molecule has 1 aromatic rings. The molecule has 2 N–H and O–H groups in total. The molecule has 2 heterocycles. The molecule has 5 nitrogen and oxygen atoms in total. The summed E-state index contributed by atoms with van der Waals surface area (Å²) in [6.45, 7) is 3.70. The molecular weight excluding hydrogens is 264 g/mol. The van der Waals surface area contributed by atoms with E-state index in [0.29, 0.717) is 12.0 Å². The van der Waals surface area contributed by atoms with Crippen molar-refractivity contribution < 1.29 is 4.79 Å². The Labute approximate surface area is 126 Å². The summed E-state index contributed by atoms with van der Waals surface area (Å²) in [6.07, 6.45) is 6.26. The van der Waals surface area contributed by atoms with Gasteiger partial charge in [-0.15, -0.1) is 0 Å². The Morgan fingerprint density at radius 2 is 2.00 bits per heavy atom. The van der Waals surface area contributed by atoms with E-state index in [4.69, 9.17) is 0 Å². The molecule has 114 valence electrons. The number of carbonyl (C=O) groups is 1. The summed E-state index contributed by atoms with van der Waals surface area (Å²) >= 11 is 0. The first-order valence-electron chi connectivity index (χ1n) is 8.00. The van der Waals surface area contributed by atoms with Gasteiger partial charge in [-0.1, -0.05) is 6.07 Å². The van der Waals surface area contributed by atoms with Gasteiger partial charge in [0.15, 0.2) is 0 Å². The van der Waals surface area contributed by atoms with Gasteiger partial charge in [0.1, 0.15) is 5.82 Å². The van der Waals surface area contributed by atoms with Crippen LogP contribution in [0.4, 0.5) is 5.82 Å². The van der Waals surface area contributed by atoms with Gasteiger partial charge in [0, 0.05) is 44.3 Å². The quantitative estimate of drug-likeness (QED) is 0.772. The summed E-state index contributed by atoms with van der Waals surface area (Å²) in [7, 11) is 0. The van der Waals surface area contributed by atoms with Gasteiger partial charge in [0.2, 0.25) is 5.91 Å². The Balaban J connectivity index is 1.31. The first kappa shape index (κ1) is 14.3. The van der Waals surface area contributed by atoms with Gasteiger partial charge in [-0.05, 0) is 37.8 Å². The number of nitrogens with zero attached hydrogens (tertiary/aromatic N) is 2. The average Bonchev–Trinajstić information content (AvgIpc) is 3.38. The molecule has 1 saturated carbocycles. The predicted octanol–water partition coefficient (Wildman–Crippen LogP) is 1.17. The average molecular weight is 288 g/mol. The van der Waals surface area contributed by atoms with Crippen LogP contribution in [0.3, 0.4) is 0 Å². The van der Waals surface area contributed by atoms with E-state index < -0.39 is 0 Å². The maximum atomic E-state index is 11.5. The third-order valence-electron chi connectivity index (χ3n) is 4.27. The lowest BCUT2D eigenvalue weighted by atomic mass is 10.1. The molecule has 5 heteroatoms. The molecule has 1 saturated heterocycles. The van der Waals surface area contributed by atoms with Gasteiger partial charge < -0.3 is 15.5 Å². The van der Waals surface area contributed by atoms with Gasteiger partial charge in [0.05, 0.1) is 0 Å². The standard InChI is InChI=1S/C16H24N4O/c21-16(13-4-5-13)19-10-9-17-14-6-11-20(12-7-14)15-3-1-2-8-18-15/h1-3,8,13-14,17H,4-7,9-12H2,(H,19,21). The minimum absolute atomic E-state index is 0.238. The Morgan fingerprint density at radius 1 is 1.19 bits per heavy atom. The summed E-state index contributed by atoms with van der Waals surface area (Å²) in [5.41, 5.74) is 0. The second-order valence-corrected chi connectivity index (χ2v) is 5.97. The number of carbonyl (C=O) groups excluding carboxylic acids is 1. The number of nitrogens with one attached hydrogen (secondary N) is 2. The highest BCUT2D eigenvalue weighted by Crippen LogP contribution is 2.28. The minimum Gasteiger partial charge on any atom is -0.357 e. The summed E-state index contributed by atoms with van der Waals surface area (Å²) in [4.78, 5) is 18.2.